The highest BCUT2D eigenvalue weighted by Crippen LogP contribution is 2.17. The van der Waals surface area contributed by atoms with E-state index in [1.165, 1.54) is 11.3 Å². The van der Waals surface area contributed by atoms with Gasteiger partial charge in [0.15, 0.2) is 0 Å². The number of hydrogen-bond donors (Lipinski definition) is 1. The van der Waals surface area contributed by atoms with Gasteiger partial charge < -0.3 is 5.32 Å². The van der Waals surface area contributed by atoms with Gasteiger partial charge in [0.1, 0.15) is 0 Å². The Bertz CT molecular complexity index is 271. The number of benzene rings is 1. The molecule has 1 aromatic carbocycles. The van der Waals surface area contributed by atoms with Crippen molar-refractivity contribution in [3.63, 3.8) is 0 Å². The molecule has 0 atom stereocenters. The highest BCUT2D eigenvalue weighted by atomic mass is 32.2. The summed E-state index contributed by atoms with van der Waals surface area (Å²) in [4.78, 5) is 0. The second kappa shape index (κ2) is 4.74. The summed E-state index contributed by atoms with van der Waals surface area (Å²) in [7, 11) is 0. The van der Waals surface area contributed by atoms with E-state index in [1.54, 1.807) is 0 Å². The van der Waals surface area contributed by atoms with Crippen molar-refractivity contribution in [1.82, 2.24) is 0 Å². The van der Waals surface area contributed by atoms with Crippen molar-refractivity contribution in [1.29, 1.82) is 0 Å². The molecule has 0 aliphatic heterocycles. The van der Waals surface area contributed by atoms with Gasteiger partial charge in [0, 0.05) is 17.0 Å². The van der Waals surface area contributed by atoms with E-state index in [4.69, 9.17) is 0 Å². The minimum atomic E-state index is 0.140. The molecule has 1 nitrogen and oxygen atoms in total. The standard InChI is InChI=1S/C12H19NS/c1-12(2,3)13-11-7-5-10(6-8-11)9-14-4/h5-8,13H,9H2,1-4H3. The Labute approximate surface area is 91.3 Å². The Morgan fingerprint density at radius 3 is 2.14 bits per heavy atom. The fourth-order valence-corrected chi connectivity index (χ4v) is 1.81. The fourth-order valence-electron chi connectivity index (χ4n) is 1.28. The highest BCUT2D eigenvalue weighted by Gasteiger charge is 2.08. The van der Waals surface area contributed by atoms with Crippen molar-refractivity contribution in [3.8, 4) is 0 Å². The lowest BCUT2D eigenvalue weighted by Gasteiger charge is -2.22. The first-order chi connectivity index (χ1) is 6.51. The molecule has 0 aliphatic carbocycles. The number of nitrogens with one attached hydrogen (secondary N) is 1. The minimum Gasteiger partial charge on any atom is -0.380 e. The zero-order chi connectivity index (χ0) is 10.6. The molecule has 0 fully saturated rings. The van der Waals surface area contributed by atoms with Crippen LogP contribution in [0.15, 0.2) is 24.3 Å². The minimum absolute atomic E-state index is 0.140. The second-order valence-electron chi connectivity index (χ2n) is 4.50. The van der Waals surface area contributed by atoms with Crippen molar-refractivity contribution in [2.45, 2.75) is 32.1 Å². The summed E-state index contributed by atoms with van der Waals surface area (Å²) in [5.41, 5.74) is 2.72. The first-order valence-electron chi connectivity index (χ1n) is 4.87. The predicted molar refractivity (Wildman–Crippen MR) is 67.0 cm³/mol. The molecule has 0 spiro atoms. The van der Waals surface area contributed by atoms with Gasteiger partial charge >= 0.3 is 0 Å². The van der Waals surface area contributed by atoms with Crippen LogP contribution in [-0.2, 0) is 5.75 Å². The van der Waals surface area contributed by atoms with Crippen molar-refractivity contribution < 1.29 is 0 Å². The summed E-state index contributed by atoms with van der Waals surface area (Å²) in [6.45, 7) is 6.51. The lowest BCUT2D eigenvalue weighted by molar-refractivity contribution is 0.634. The average molecular weight is 209 g/mol. The third-order valence-electron chi connectivity index (χ3n) is 1.78. The van der Waals surface area contributed by atoms with Gasteiger partial charge in [-0.2, -0.15) is 11.8 Å². The van der Waals surface area contributed by atoms with Gasteiger partial charge in [-0.15, -0.1) is 0 Å². The summed E-state index contributed by atoms with van der Waals surface area (Å²) in [5, 5.41) is 3.44. The van der Waals surface area contributed by atoms with Crippen LogP contribution in [0.2, 0.25) is 0 Å². The smallest absolute Gasteiger partial charge is 0.0344 e. The number of hydrogen-bond acceptors (Lipinski definition) is 2. The Kier molecular flexibility index (Phi) is 3.87. The van der Waals surface area contributed by atoms with Gasteiger partial charge in [0.2, 0.25) is 0 Å². The van der Waals surface area contributed by atoms with E-state index in [2.05, 4.69) is 56.6 Å². The molecular weight excluding hydrogens is 190 g/mol. The molecule has 2 heteroatoms. The second-order valence-corrected chi connectivity index (χ2v) is 5.37. The third kappa shape index (κ3) is 4.05. The van der Waals surface area contributed by atoms with Crippen LogP contribution in [0, 0.1) is 0 Å². The van der Waals surface area contributed by atoms with E-state index < -0.39 is 0 Å². The van der Waals surface area contributed by atoms with Gasteiger partial charge in [-0.1, -0.05) is 12.1 Å². The van der Waals surface area contributed by atoms with Gasteiger partial charge in [0.05, 0.1) is 0 Å². The summed E-state index contributed by atoms with van der Waals surface area (Å²) < 4.78 is 0. The lowest BCUT2D eigenvalue weighted by atomic mass is 10.1. The zero-order valence-corrected chi connectivity index (χ0v) is 10.2. The Morgan fingerprint density at radius 2 is 1.71 bits per heavy atom. The van der Waals surface area contributed by atoms with Crippen LogP contribution in [-0.4, -0.2) is 11.8 Å². The van der Waals surface area contributed by atoms with E-state index in [9.17, 15) is 0 Å². The highest BCUT2D eigenvalue weighted by molar-refractivity contribution is 7.97. The van der Waals surface area contributed by atoms with E-state index in [-0.39, 0.29) is 5.54 Å². The van der Waals surface area contributed by atoms with Crippen LogP contribution < -0.4 is 5.32 Å². The summed E-state index contributed by atoms with van der Waals surface area (Å²) >= 11 is 1.85. The molecule has 14 heavy (non-hydrogen) atoms. The Morgan fingerprint density at radius 1 is 1.14 bits per heavy atom. The molecule has 78 valence electrons. The van der Waals surface area contributed by atoms with Crippen molar-refractivity contribution in [2.75, 3.05) is 11.6 Å². The van der Waals surface area contributed by atoms with Crippen LogP contribution in [0.25, 0.3) is 0 Å². The van der Waals surface area contributed by atoms with Crippen molar-refractivity contribution in [3.05, 3.63) is 29.8 Å². The molecule has 0 saturated heterocycles. The maximum atomic E-state index is 3.44. The lowest BCUT2D eigenvalue weighted by Crippen LogP contribution is -2.25. The largest absolute Gasteiger partial charge is 0.380 e. The van der Waals surface area contributed by atoms with E-state index in [0.717, 1.165) is 5.75 Å². The zero-order valence-electron chi connectivity index (χ0n) is 9.42. The first kappa shape index (κ1) is 11.4. The number of anilines is 1. The molecular formula is C12H19NS. The number of rotatable bonds is 3. The molecule has 0 unspecified atom stereocenters. The van der Waals surface area contributed by atoms with Crippen molar-refractivity contribution >= 4 is 17.4 Å². The maximum absolute atomic E-state index is 3.44. The molecule has 0 heterocycles. The predicted octanol–water partition coefficient (Wildman–Crippen LogP) is 3.76. The van der Waals surface area contributed by atoms with Crippen LogP contribution in [0.5, 0.6) is 0 Å². The average Bonchev–Trinajstić information content (AvgIpc) is 2.06. The van der Waals surface area contributed by atoms with E-state index in [0.29, 0.717) is 0 Å². The van der Waals surface area contributed by atoms with Gasteiger partial charge in [-0.3, -0.25) is 0 Å². The maximum Gasteiger partial charge on any atom is 0.0344 e. The van der Waals surface area contributed by atoms with Gasteiger partial charge in [0.25, 0.3) is 0 Å². The molecule has 0 radical (unpaired) electrons. The third-order valence-corrected chi connectivity index (χ3v) is 2.41. The molecule has 0 aliphatic rings. The monoisotopic (exact) mass is 209 g/mol. The molecule has 1 N–H and O–H groups in total. The van der Waals surface area contributed by atoms with Crippen LogP contribution in [0.4, 0.5) is 5.69 Å². The molecule has 0 saturated carbocycles. The Balaban J connectivity index is 2.64. The summed E-state index contributed by atoms with van der Waals surface area (Å²) in [5.74, 6) is 1.09. The first-order valence-corrected chi connectivity index (χ1v) is 6.27. The van der Waals surface area contributed by atoms with Crippen LogP contribution >= 0.6 is 11.8 Å². The molecule has 0 bridgehead atoms. The number of thioether (sulfide) groups is 1. The Hall–Kier alpha value is -0.630. The summed E-state index contributed by atoms with van der Waals surface area (Å²) in [6.07, 6.45) is 2.13. The van der Waals surface area contributed by atoms with E-state index in [1.807, 2.05) is 11.8 Å². The summed E-state index contributed by atoms with van der Waals surface area (Å²) in [6, 6.07) is 8.67. The van der Waals surface area contributed by atoms with Gasteiger partial charge in [-0.05, 0) is 44.7 Å². The topological polar surface area (TPSA) is 12.0 Å². The molecule has 1 rings (SSSR count). The van der Waals surface area contributed by atoms with Crippen LogP contribution in [0.3, 0.4) is 0 Å². The van der Waals surface area contributed by atoms with Crippen LogP contribution in [0.1, 0.15) is 26.3 Å². The van der Waals surface area contributed by atoms with Gasteiger partial charge in [-0.25, -0.2) is 0 Å². The molecule has 1 aromatic rings. The molecule has 0 amide bonds. The fraction of sp³-hybridized carbons (Fsp3) is 0.500. The quantitative estimate of drug-likeness (QED) is 0.813. The SMILES string of the molecule is CSCc1ccc(NC(C)(C)C)cc1. The van der Waals surface area contributed by atoms with Crippen molar-refractivity contribution in [2.24, 2.45) is 0 Å². The van der Waals surface area contributed by atoms with E-state index >= 15 is 0 Å². The molecule has 0 aromatic heterocycles. The normalized spacial score (nSPS) is 11.4.